The van der Waals surface area contributed by atoms with E-state index in [2.05, 4.69) is 10.1 Å². The number of hydrogen-bond acceptors (Lipinski definition) is 3. The second kappa shape index (κ2) is 8.31. The summed E-state index contributed by atoms with van der Waals surface area (Å²) in [6.45, 7) is -2.87. The highest BCUT2D eigenvalue weighted by atomic mass is 32.2. The van der Waals surface area contributed by atoms with Crippen molar-refractivity contribution in [1.29, 1.82) is 0 Å². The van der Waals surface area contributed by atoms with Crippen LogP contribution >= 0.6 is 11.8 Å². The Bertz CT molecular complexity index is 809. The summed E-state index contributed by atoms with van der Waals surface area (Å²) >= 11 is 1.45. The Labute approximate surface area is 153 Å². The molecule has 0 radical (unpaired) electrons. The first-order valence-electron chi connectivity index (χ1n) is 7.97. The van der Waals surface area contributed by atoms with Gasteiger partial charge >= 0.3 is 6.61 Å². The van der Waals surface area contributed by atoms with Crippen LogP contribution in [0.2, 0.25) is 0 Å². The van der Waals surface area contributed by atoms with Gasteiger partial charge in [-0.3, -0.25) is 4.79 Å². The van der Waals surface area contributed by atoms with E-state index in [1.165, 1.54) is 36.0 Å². The molecule has 1 amide bonds. The smallest absolute Gasteiger partial charge is 0.387 e. The zero-order valence-corrected chi connectivity index (χ0v) is 14.4. The monoisotopic (exact) mass is 379 g/mol. The van der Waals surface area contributed by atoms with Crippen molar-refractivity contribution in [2.75, 3.05) is 5.75 Å². The lowest BCUT2D eigenvalue weighted by molar-refractivity contribution is -0.117. The fourth-order valence-corrected chi connectivity index (χ4v) is 3.83. The lowest BCUT2D eigenvalue weighted by atomic mass is 10.0. The van der Waals surface area contributed by atoms with Crippen LogP contribution in [-0.2, 0) is 4.79 Å². The predicted molar refractivity (Wildman–Crippen MR) is 94.7 cm³/mol. The van der Waals surface area contributed by atoms with Gasteiger partial charge in [0.25, 0.3) is 0 Å². The number of rotatable bonds is 5. The highest BCUT2D eigenvalue weighted by molar-refractivity contribution is 7.99. The molecule has 1 aliphatic rings. The molecule has 1 N–H and O–H groups in total. The standard InChI is InChI=1S/C19H16F3NO2S/c20-15-3-1-2-14-16(10-11-26-18(14)15)23-17(24)9-6-12-4-7-13(8-5-12)25-19(21)22/h1-9,16,19H,10-11H2,(H,23,24)/b9-6+/t16-/m1/s1. The highest BCUT2D eigenvalue weighted by Gasteiger charge is 2.23. The van der Waals surface area contributed by atoms with E-state index in [0.29, 0.717) is 10.5 Å². The third-order valence-corrected chi connectivity index (χ3v) is 5.03. The third kappa shape index (κ3) is 4.60. The van der Waals surface area contributed by atoms with Gasteiger partial charge in [0.15, 0.2) is 0 Å². The Hall–Kier alpha value is -2.41. The zero-order chi connectivity index (χ0) is 18.5. The maximum atomic E-state index is 13.9. The third-order valence-electron chi connectivity index (χ3n) is 3.87. The lowest BCUT2D eigenvalue weighted by Crippen LogP contribution is -2.29. The first kappa shape index (κ1) is 18.4. The number of nitrogens with one attached hydrogen (secondary N) is 1. The van der Waals surface area contributed by atoms with E-state index < -0.39 is 6.61 Å². The van der Waals surface area contributed by atoms with Crippen molar-refractivity contribution in [3.05, 3.63) is 65.5 Å². The molecule has 1 atom stereocenters. The largest absolute Gasteiger partial charge is 0.435 e. The molecule has 1 heterocycles. The van der Waals surface area contributed by atoms with E-state index in [1.54, 1.807) is 24.3 Å². The van der Waals surface area contributed by atoms with Gasteiger partial charge in [-0.05, 0) is 41.8 Å². The van der Waals surface area contributed by atoms with Gasteiger partial charge in [-0.25, -0.2) is 4.39 Å². The molecular weight excluding hydrogens is 363 g/mol. The summed E-state index contributed by atoms with van der Waals surface area (Å²) in [6, 6.07) is 10.6. The van der Waals surface area contributed by atoms with E-state index in [0.717, 1.165) is 17.7 Å². The maximum Gasteiger partial charge on any atom is 0.387 e. The number of ether oxygens (including phenoxy) is 1. The quantitative estimate of drug-likeness (QED) is 0.759. The first-order valence-corrected chi connectivity index (χ1v) is 8.96. The summed E-state index contributed by atoms with van der Waals surface area (Å²) < 4.78 is 42.4. The van der Waals surface area contributed by atoms with Crippen LogP contribution in [0.5, 0.6) is 5.75 Å². The van der Waals surface area contributed by atoms with E-state index in [1.807, 2.05) is 6.07 Å². The van der Waals surface area contributed by atoms with Crippen LogP contribution in [0.4, 0.5) is 13.2 Å². The van der Waals surface area contributed by atoms with Crippen LogP contribution in [0.25, 0.3) is 6.08 Å². The Kier molecular flexibility index (Phi) is 5.88. The summed E-state index contributed by atoms with van der Waals surface area (Å²) in [5.41, 5.74) is 1.46. The van der Waals surface area contributed by atoms with Crippen LogP contribution in [-0.4, -0.2) is 18.3 Å². The molecule has 0 aromatic heterocycles. The minimum atomic E-state index is -2.87. The topological polar surface area (TPSA) is 38.3 Å². The molecule has 0 saturated carbocycles. The van der Waals surface area contributed by atoms with Gasteiger partial charge < -0.3 is 10.1 Å². The molecule has 3 rings (SSSR count). The fourth-order valence-electron chi connectivity index (χ4n) is 2.69. The van der Waals surface area contributed by atoms with Crippen LogP contribution in [0, 0.1) is 5.82 Å². The number of carbonyl (C=O) groups is 1. The maximum absolute atomic E-state index is 13.9. The minimum Gasteiger partial charge on any atom is -0.435 e. The molecule has 0 unspecified atom stereocenters. The predicted octanol–water partition coefficient (Wildman–Crippen LogP) is 4.79. The normalized spacial score (nSPS) is 16.5. The number of hydrogen-bond donors (Lipinski definition) is 1. The summed E-state index contributed by atoms with van der Waals surface area (Å²) in [7, 11) is 0. The number of thioether (sulfide) groups is 1. The minimum absolute atomic E-state index is 0.0555. The van der Waals surface area contributed by atoms with Crippen molar-refractivity contribution < 1.29 is 22.7 Å². The summed E-state index contributed by atoms with van der Waals surface area (Å²) in [5.74, 6) is 0.215. The van der Waals surface area contributed by atoms with Crippen molar-refractivity contribution in [3.63, 3.8) is 0 Å². The zero-order valence-electron chi connectivity index (χ0n) is 13.6. The van der Waals surface area contributed by atoms with Gasteiger partial charge in [0.2, 0.25) is 5.91 Å². The van der Waals surface area contributed by atoms with Gasteiger partial charge in [-0.1, -0.05) is 24.3 Å². The molecule has 0 aliphatic carbocycles. The number of fused-ring (bicyclic) bond motifs is 1. The average molecular weight is 379 g/mol. The number of benzene rings is 2. The molecule has 136 valence electrons. The van der Waals surface area contributed by atoms with Crippen molar-refractivity contribution in [1.82, 2.24) is 5.32 Å². The van der Waals surface area contributed by atoms with Crippen LogP contribution in [0.15, 0.2) is 53.4 Å². The van der Waals surface area contributed by atoms with Crippen LogP contribution in [0.1, 0.15) is 23.6 Å². The molecule has 7 heteroatoms. The number of carbonyl (C=O) groups excluding carboxylic acids is 1. The molecule has 3 nitrogen and oxygen atoms in total. The van der Waals surface area contributed by atoms with Crippen molar-refractivity contribution in [3.8, 4) is 5.75 Å². The fraction of sp³-hybridized carbons (Fsp3) is 0.211. The SMILES string of the molecule is O=C(/C=C/c1ccc(OC(F)F)cc1)N[C@@H]1CCSc2c(F)cccc21. The summed E-state index contributed by atoms with van der Waals surface area (Å²) in [6.07, 6.45) is 3.66. The summed E-state index contributed by atoms with van der Waals surface area (Å²) in [5, 5.41) is 2.88. The van der Waals surface area contributed by atoms with Crippen molar-refractivity contribution >= 4 is 23.7 Å². The van der Waals surface area contributed by atoms with E-state index in [4.69, 9.17) is 0 Å². The Morgan fingerprint density at radius 2 is 2.00 bits per heavy atom. The molecule has 26 heavy (non-hydrogen) atoms. The highest BCUT2D eigenvalue weighted by Crippen LogP contribution is 2.37. The molecule has 1 aliphatic heterocycles. The molecule has 0 saturated heterocycles. The molecule has 2 aromatic carbocycles. The number of amides is 1. The molecule has 0 fully saturated rings. The van der Waals surface area contributed by atoms with E-state index >= 15 is 0 Å². The molecule has 0 bridgehead atoms. The first-order chi connectivity index (χ1) is 12.5. The summed E-state index contributed by atoms with van der Waals surface area (Å²) in [4.78, 5) is 12.8. The van der Waals surface area contributed by atoms with Gasteiger partial charge in [-0.15, -0.1) is 11.8 Å². The van der Waals surface area contributed by atoms with Gasteiger partial charge in [0.05, 0.1) is 6.04 Å². The van der Waals surface area contributed by atoms with E-state index in [9.17, 15) is 18.0 Å². The van der Waals surface area contributed by atoms with Crippen molar-refractivity contribution in [2.45, 2.75) is 24.0 Å². The van der Waals surface area contributed by atoms with Crippen LogP contribution in [0.3, 0.4) is 0 Å². The second-order valence-electron chi connectivity index (χ2n) is 5.64. The number of halogens is 3. The Morgan fingerprint density at radius 3 is 2.73 bits per heavy atom. The molecule has 2 aromatic rings. The molecule has 0 spiro atoms. The van der Waals surface area contributed by atoms with Gasteiger partial charge in [-0.2, -0.15) is 8.78 Å². The average Bonchev–Trinajstić information content (AvgIpc) is 2.62. The second-order valence-corrected chi connectivity index (χ2v) is 6.74. The van der Waals surface area contributed by atoms with Gasteiger partial charge in [0, 0.05) is 16.7 Å². The Morgan fingerprint density at radius 1 is 1.23 bits per heavy atom. The Balaban J connectivity index is 1.63. The van der Waals surface area contributed by atoms with E-state index in [-0.39, 0.29) is 23.5 Å². The molecular formula is C19H16F3NO2S. The number of alkyl halides is 2. The van der Waals surface area contributed by atoms with Gasteiger partial charge in [0.1, 0.15) is 11.6 Å². The lowest BCUT2D eigenvalue weighted by Gasteiger charge is -2.25. The van der Waals surface area contributed by atoms with Crippen LogP contribution < -0.4 is 10.1 Å². The van der Waals surface area contributed by atoms with Crippen molar-refractivity contribution in [2.24, 2.45) is 0 Å².